The van der Waals surface area contributed by atoms with E-state index in [4.69, 9.17) is 0 Å². The van der Waals surface area contributed by atoms with E-state index in [1.165, 1.54) is 12.1 Å². The van der Waals surface area contributed by atoms with Gasteiger partial charge in [-0.3, -0.25) is 0 Å². The van der Waals surface area contributed by atoms with Gasteiger partial charge in [0, 0.05) is 19.3 Å². The molecule has 1 N–H and O–H groups in total. The highest BCUT2D eigenvalue weighted by molar-refractivity contribution is 7.89. The van der Waals surface area contributed by atoms with E-state index in [1.54, 1.807) is 12.1 Å². The van der Waals surface area contributed by atoms with Gasteiger partial charge in [0.2, 0.25) is 10.0 Å². The van der Waals surface area contributed by atoms with Crippen molar-refractivity contribution in [2.24, 2.45) is 0 Å². The van der Waals surface area contributed by atoms with Crippen molar-refractivity contribution in [3.63, 3.8) is 0 Å². The van der Waals surface area contributed by atoms with Crippen molar-refractivity contribution >= 4 is 15.7 Å². The van der Waals surface area contributed by atoms with Gasteiger partial charge in [-0.15, -0.1) is 0 Å². The van der Waals surface area contributed by atoms with Crippen molar-refractivity contribution in [1.29, 1.82) is 0 Å². The minimum Gasteiger partial charge on any atom is -0.385 e. The Labute approximate surface area is 112 Å². The fourth-order valence-corrected chi connectivity index (χ4v) is 2.64. The molecule has 0 bridgehead atoms. The maximum Gasteiger partial charge on any atom is 0.252 e. The van der Waals surface area contributed by atoms with Gasteiger partial charge in [-0.05, 0) is 30.7 Å². The zero-order valence-electron chi connectivity index (χ0n) is 10.9. The summed E-state index contributed by atoms with van der Waals surface area (Å²) in [6.45, 7) is 2.00. The number of anilines is 1. The van der Waals surface area contributed by atoms with Crippen LogP contribution >= 0.6 is 0 Å². The molecule has 1 rings (SSSR count). The first-order valence-electron chi connectivity index (χ1n) is 5.96. The Hall–Kier alpha value is -1.21. The quantitative estimate of drug-likeness (QED) is 0.839. The summed E-state index contributed by atoms with van der Waals surface area (Å²) < 4.78 is 49.0. The smallest absolute Gasteiger partial charge is 0.252 e. The third-order valence-corrected chi connectivity index (χ3v) is 4.37. The van der Waals surface area contributed by atoms with E-state index >= 15 is 0 Å². The van der Waals surface area contributed by atoms with Gasteiger partial charge in [0.25, 0.3) is 6.43 Å². The highest BCUT2D eigenvalue weighted by Gasteiger charge is 2.23. The number of benzene rings is 1. The number of rotatable bonds is 7. The lowest BCUT2D eigenvalue weighted by Gasteiger charge is -2.16. The summed E-state index contributed by atoms with van der Waals surface area (Å²) in [6.07, 6.45) is -1.73. The molecule has 0 unspecified atom stereocenters. The molecule has 0 saturated heterocycles. The molecule has 0 saturated carbocycles. The Kier molecular flexibility index (Phi) is 5.68. The Morgan fingerprint density at radius 3 is 2.32 bits per heavy atom. The third-order valence-electron chi connectivity index (χ3n) is 2.54. The monoisotopic (exact) mass is 292 g/mol. The van der Waals surface area contributed by atoms with Crippen molar-refractivity contribution in [2.45, 2.75) is 24.7 Å². The van der Waals surface area contributed by atoms with E-state index in [0.717, 1.165) is 25.7 Å². The fourth-order valence-electron chi connectivity index (χ4n) is 1.49. The molecule has 4 nitrogen and oxygen atoms in total. The predicted octanol–water partition coefficient (Wildman–Crippen LogP) is 2.39. The van der Waals surface area contributed by atoms with Crippen molar-refractivity contribution in [1.82, 2.24) is 4.31 Å². The van der Waals surface area contributed by atoms with Gasteiger partial charge in [-0.2, -0.15) is 4.31 Å². The van der Waals surface area contributed by atoms with Gasteiger partial charge >= 0.3 is 0 Å². The van der Waals surface area contributed by atoms with Crippen LogP contribution in [-0.2, 0) is 10.0 Å². The molecule has 0 spiro atoms. The lowest BCUT2D eigenvalue weighted by Crippen LogP contribution is -2.31. The summed E-state index contributed by atoms with van der Waals surface area (Å²) in [5, 5.41) is 3.11. The number of hydrogen-bond donors (Lipinski definition) is 1. The van der Waals surface area contributed by atoms with Crippen LogP contribution in [0.15, 0.2) is 29.2 Å². The molecule has 0 atom stereocenters. The van der Waals surface area contributed by atoms with Crippen LogP contribution in [0.3, 0.4) is 0 Å². The highest BCUT2D eigenvalue weighted by Crippen LogP contribution is 2.18. The Morgan fingerprint density at radius 2 is 1.84 bits per heavy atom. The number of sulfonamides is 1. The first kappa shape index (κ1) is 15.8. The van der Waals surface area contributed by atoms with Crippen LogP contribution in [0, 0.1) is 0 Å². The predicted molar refractivity (Wildman–Crippen MR) is 71.0 cm³/mol. The summed E-state index contributed by atoms with van der Waals surface area (Å²) in [7, 11) is -2.70. The lowest BCUT2D eigenvalue weighted by molar-refractivity contribution is 0.126. The minimum absolute atomic E-state index is 0.0118. The van der Waals surface area contributed by atoms with Gasteiger partial charge in [-0.1, -0.05) is 6.92 Å². The molecule has 0 fully saturated rings. The summed E-state index contributed by atoms with van der Waals surface area (Å²) in [5.41, 5.74) is 0.803. The SMILES string of the molecule is CCCNc1ccc(S(=O)(=O)N(C)CC(F)F)cc1. The zero-order chi connectivity index (χ0) is 14.5. The first-order valence-corrected chi connectivity index (χ1v) is 7.40. The van der Waals surface area contributed by atoms with E-state index in [2.05, 4.69) is 5.32 Å². The van der Waals surface area contributed by atoms with Crippen LogP contribution in [-0.4, -0.2) is 39.3 Å². The molecule has 0 aliphatic heterocycles. The summed E-state index contributed by atoms with van der Waals surface area (Å²) in [6, 6.07) is 6.07. The van der Waals surface area contributed by atoms with Crippen LogP contribution in [0.5, 0.6) is 0 Å². The average Bonchev–Trinajstić information content (AvgIpc) is 2.36. The maximum atomic E-state index is 12.2. The third kappa shape index (κ3) is 4.43. The number of halogens is 2. The fraction of sp³-hybridized carbons (Fsp3) is 0.500. The molecule has 1 aromatic carbocycles. The second kappa shape index (κ2) is 6.81. The normalized spacial score (nSPS) is 12.1. The Morgan fingerprint density at radius 1 is 1.26 bits per heavy atom. The van der Waals surface area contributed by atoms with Crippen LogP contribution in [0.2, 0.25) is 0 Å². The van der Waals surface area contributed by atoms with Crippen molar-refractivity contribution in [3.8, 4) is 0 Å². The zero-order valence-corrected chi connectivity index (χ0v) is 11.8. The van der Waals surface area contributed by atoms with Gasteiger partial charge in [0.15, 0.2) is 0 Å². The summed E-state index contributed by atoms with van der Waals surface area (Å²) in [4.78, 5) is 0.0118. The molecule has 1 aromatic rings. The van der Waals surface area contributed by atoms with Crippen LogP contribution < -0.4 is 5.32 Å². The average molecular weight is 292 g/mol. The maximum absolute atomic E-state index is 12.2. The van der Waals surface area contributed by atoms with E-state index in [0.29, 0.717) is 4.31 Å². The molecule has 0 radical (unpaired) electrons. The number of nitrogens with zero attached hydrogens (tertiary/aromatic N) is 1. The molecule has 7 heteroatoms. The Bertz CT molecular complexity index is 489. The van der Waals surface area contributed by atoms with Gasteiger partial charge in [-0.25, -0.2) is 17.2 Å². The van der Waals surface area contributed by atoms with Crippen molar-refractivity contribution < 1.29 is 17.2 Å². The Balaban J connectivity index is 2.84. The van der Waals surface area contributed by atoms with E-state index in [-0.39, 0.29) is 4.90 Å². The van der Waals surface area contributed by atoms with E-state index in [9.17, 15) is 17.2 Å². The number of hydrogen-bond acceptors (Lipinski definition) is 3. The molecule has 19 heavy (non-hydrogen) atoms. The standard InChI is InChI=1S/C12H18F2N2O2S/c1-3-8-15-10-4-6-11(7-5-10)19(17,18)16(2)9-12(13)14/h4-7,12,15H,3,8-9H2,1-2H3. The summed E-state index contributed by atoms with van der Waals surface area (Å²) in [5.74, 6) is 0. The van der Waals surface area contributed by atoms with Crippen LogP contribution in [0.4, 0.5) is 14.5 Å². The first-order chi connectivity index (χ1) is 8.87. The molecular formula is C12H18F2N2O2S. The molecule has 0 aliphatic carbocycles. The van der Waals surface area contributed by atoms with Gasteiger partial charge in [0.05, 0.1) is 11.4 Å². The molecule has 0 aromatic heterocycles. The van der Waals surface area contributed by atoms with Crippen LogP contribution in [0.1, 0.15) is 13.3 Å². The largest absolute Gasteiger partial charge is 0.385 e. The molecule has 0 heterocycles. The second-order valence-corrected chi connectivity index (χ2v) is 6.17. The second-order valence-electron chi connectivity index (χ2n) is 4.13. The molecule has 0 aliphatic rings. The minimum atomic E-state index is -3.85. The molecular weight excluding hydrogens is 274 g/mol. The molecule has 108 valence electrons. The van der Waals surface area contributed by atoms with E-state index < -0.39 is 23.0 Å². The lowest BCUT2D eigenvalue weighted by atomic mass is 10.3. The van der Waals surface area contributed by atoms with Gasteiger partial charge < -0.3 is 5.32 Å². The van der Waals surface area contributed by atoms with E-state index in [1.807, 2.05) is 6.92 Å². The molecule has 0 amide bonds. The van der Waals surface area contributed by atoms with Crippen molar-refractivity contribution in [2.75, 3.05) is 25.5 Å². The highest BCUT2D eigenvalue weighted by atomic mass is 32.2. The van der Waals surface area contributed by atoms with Crippen LogP contribution in [0.25, 0.3) is 0 Å². The number of alkyl halides is 2. The summed E-state index contributed by atoms with van der Waals surface area (Å²) >= 11 is 0. The number of nitrogens with one attached hydrogen (secondary N) is 1. The topological polar surface area (TPSA) is 49.4 Å². The van der Waals surface area contributed by atoms with Gasteiger partial charge in [0.1, 0.15) is 0 Å². The van der Waals surface area contributed by atoms with Crippen molar-refractivity contribution in [3.05, 3.63) is 24.3 Å².